The van der Waals surface area contributed by atoms with Gasteiger partial charge in [0, 0.05) is 0 Å². The molecule has 0 aromatic carbocycles. The van der Waals surface area contributed by atoms with E-state index in [9.17, 15) is 4.21 Å². The maximum absolute atomic E-state index is 10.8. The topological polar surface area (TPSA) is 63.0 Å². The zero-order chi connectivity index (χ0) is 11.5. The SMILES string of the molecule is CC1=CC(C)C=C(CNC2=NS(=O)N=C2)O1. The molecule has 5 nitrogen and oxygen atoms in total. The van der Waals surface area contributed by atoms with Crippen molar-refractivity contribution in [2.75, 3.05) is 6.54 Å². The minimum absolute atomic E-state index is 0.374. The fourth-order valence-corrected chi connectivity index (χ4v) is 2.08. The molecule has 0 amide bonds. The van der Waals surface area contributed by atoms with Gasteiger partial charge in [0.1, 0.15) is 5.76 Å². The van der Waals surface area contributed by atoms with Crippen LogP contribution in [0, 0.1) is 5.92 Å². The number of nitrogens with one attached hydrogen (secondary N) is 1. The Balaban J connectivity index is 1.90. The Morgan fingerprint density at radius 2 is 2.38 bits per heavy atom. The molecule has 2 heterocycles. The van der Waals surface area contributed by atoms with Gasteiger partial charge < -0.3 is 10.1 Å². The van der Waals surface area contributed by atoms with E-state index >= 15 is 0 Å². The van der Waals surface area contributed by atoms with Crippen molar-refractivity contribution < 1.29 is 8.95 Å². The minimum atomic E-state index is -1.45. The highest BCUT2D eigenvalue weighted by molar-refractivity contribution is 7.83. The molecule has 0 aliphatic carbocycles. The van der Waals surface area contributed by atoms with Crippen molar-refractivity contribution in [3.63, 3.8) is 0 Å². The van der Waals surface area contributed by atoms with E-state index in [1.807, 2.05) is 19.1 Å². The van der Waals surface area contributed by atoms with Gasteiger partial charge >= 0.3 is 0 Å². The zero-order valence-electron chi connectivity index (χ0n) is 9.14. The lowest BCUT2D eigenvalue weighted by Crippen LogP contribution is -2.27. The van der Waals surface area contributed by atoms with Gasteiger partial charge in [-0.1, -0.05) is 6.92 Å². The van der Waals surface area contributed by atoms with Crippen LogP contribution in [-0.2, 0) is 15.9 Å². The van der Waals surface area contributed by atoms with Gasteiger partial charge in [0.2, 0.25) is 0 Å². The summed E-state index contributed by atoms with van der Waals surface area (Å²) in [6, 6.07) is 0. The van der Waals surface area contributed by atoms with Crippen LogP contribution in [0.3, 0.4) is 0 Å². The maximum Gasteiger partial charge on any atom is 0.267 e. The Morgan fingerprint density at radius 1 is 1.56 bits per heavy atom. The average molecular weight is 239 g/mol. The summed E-state index contributed by atoms with van der Waals surface area (Å²) in [4.78, 5) is 0. The van der Waals surface area contributed by atoms with Gasteiger partial charge in [0.05, 0.1) is 18.5 Å². The quantitative estimate of drug-likeness (QED) is 0.784. The van der Waals surface area contributed by atoms with Crippen LogP contribution in [0.25, 0.3) is 0 Å². The van der Waals surface area contributed by atoms with Crippen LogP contribution in [-0.4, -0.2) is 22.8 Å². The van der Waals surface area contributed by atoms with Crippen LogP contribution in [0.5, 0.6) is 0 Å². The summed E-state index contributed by atoms with van der Waals surface area (Å²) >= 11 is -1.45. The van der Waals surface area contributed by atoms with Gasteiger partial charge in [-0.15, -0.1) is 4.40 Å². The molecule has 0 fully saturated rings. The van der Waals surface area contributed by atoms with Gasteiger partial charge in [-0.2, -0.15) is 4.40 Å². The van der Waals surface area contributed by atoms with Gasteiger partial charge in [-0.25, -0.2) is 4.21 Å². The van der Waals surface area contributed by atoms with E-state index in [-0.39, 0.29) is 0 Å². The van der Waals surface area contributed by atoms with Crippen LogP contribution in [0.1, 0.15) is 13.8 Å². The highest BCUT2D eigenvalue weighted by Gasteiger charge is 2.11. The van der Waals surface area contributed by atoms with Crippen LogP contribution in [0.4, 0.5) is 0 Å². The average Bonchev–Trinajstić information content (AvgIpc) is 2.60. The third-order valence-electron chi connectivity index (χ3n) is 2.12. The molecule has 0 bridgehead atoms. The van der Waals surface area contributed by atoms with E-state index in [4.69, 9.17) is 4.74 Å². The van der Waals surface area contributed by atoms with Gasteiger partial charge in [0.15, 0.2) is 5.84 Å². The van der Waals surface area contributed by atoms with E-state index in [2.05, 4.69) is 21.0 Å². The van der Waals surface area contributed by atoms with Crippen LogP contribution in [0.15, 0.2) is 32.5 Å². The van der Waals surface area contributed by atoms with Crippen molar-refractivity contribution in [3.8, 4) is 0 Å². The molecular weight excluding hydrogens is 226 g/mol. The monoisotopic (exact) mass is 239 g/mol. The highest BCUT2D eigenvalue weighted by atomic mass is 32.2. The molecule has 2 atom stereocenters. The summed E-state index contributed by atoms with van der Waals surface area (Å²) in [6.45, 7) is 4.54. The van der Waals surface area contributed by atoms with Crippen molar-refractivity contribution in [1.29, 1.82) is 0 Å². The first-order valence-corrected chi connectivity index (χ1v) is 6.05. The number of allylic oxidation sites excluding steroid dienone is 3. The van der Waals surface area contributed by atoms with Gasteiger partial charge in [-0.3, -0.25) is 0 Å². The molecule has 2 aliphatic heterocycles. The second-order valence-electron chi connectivity index (χ2n) is 3.67. The third kappa shape index (κ3) is 2.79. The molecule has 2 rings (SSSR count). The van der Waals surface area contributed by atoms with E-state index in [1.54, 1.807) is 0 Å². The van der Waals surface area contributed by atoms with E-state index in [0.717, 1.165) is 11.5 Å². The molecule has 86 valence electrons. The lowest BCUT2D eigenvalue weighted by molar-refractivity contribution is 0.284. The molecule has 2 unspecified atom stereocenters. The number of hydrogen-bond acceptors (Lipinski definition) is 3. The molecule has 0 spiro atoms. The molecule has 2 aliphatic rings. The van der Waals surface area contributed by atoms with E-state index in [1.165, 1.54) is 6.21 Å². The smallest absolute Gasteiger partial charge is 0.267 e. The van der Waals surface area contributed by atoms with Crippen LogP contribution in [0.2, 0.25) is 0 Å². The molecular formula is C10H13N3O2S. The first kappa shape index (κ1) is 11.1. The Hall–Kier alpha value is -1.43. The standard InChI is InChI=1S/C10H13N3O2S/c1-7-3-8(2)15-9(4-7)5-11-10-6-12-16(14)13-10/h3-4,6-7H,5H2,1-2H3,(H,11,13). The zero-order valence-corrected chi connectivity index (χ0v) is 9.95. The van der Waals surface area contributed by atoms with Crippen molar-refractivity contribution in [3.05, 3.63) is 23.7 Å². The summed E-state index contributed by atoms with van der Waals surface area (Å²) in [5.74, 6) is 2.65. The highest BCUT2D eigenvalue weighted by Crippen LogP contribution is 2.18. The first-order chi connectivity index (χ1) is 7.63. The predicted octanol–water partition coefficient (Wildman–Crippen LogP) is 1.09. The maximum atomic E-state index is 10.8. The van der Waals surface area contributed by atoms with Gasteiger partial charge in [0.25, 0.3) is 11.2 Å². The van der Waals surface area contributed by atoms with Crippen LogP contribution >= 0.6 is 0 Å². The number of rotatable bonds is 2. The Labute approximate surface area is 96.7 Å². The largest absolute Gasteiger partial charge is 0.465 e. The summed E-state index contributed by atoms with van der Waals surface area (Å²) < 4.78 is 23.8. The molecule has 1 N–H and O–H groups in total. The minimum Gasteiger partial charge on any atom is -0.465 e. The first-order valence-electron chi connectivity index (χ1n) is 4.99. The number of hydrogen-bond donors (Lipinski definition) is 1. The molecule has 0 saturated carbocycles. The van der Waals surface area contributed by atoms with Crippen molar-refractivity contribution in [2.24, 2.45) is 14.7 Å². The molecule has 0 saturated heterocycles. The molecule has 16 heavy (non-hydrogen) atoms. The lowest BCUT2D eigenvalue weighted by atomic mass is 10.1. The summed E-state index contributed by atoms with van der Waals surface area (Å²) in [5, 5.41) is 3.01. The molecule has 0 aromatic rings. The van der Waals surface area contributed by atoms with Crippen molar-refractivity contribution >= 4 is 23.2 Å². The number of ether oxygens (including phenoxy) is 1. The molecule has 0 radical (unpaired) electrons. The fraction of sp³-hybridized carbons (Fsp3) is 0.400. The van der Waals surface area contributed by atoms with E-state index in [0.29, 0.717) is 18.3 Å². The Bertz CT molecular complexity index is 437. The van der Waals surface area contributed by atoms with Crippen molar-refractivity contribution in [2.45, 2.75) is 13.8 Å². The summed E-state index contributed by atoms with van der Waals surface area (Å²) in [6.07, 6.45) is 5.54. The van der Waals surface area contributed by atoms with Crippen molar-refractivity contribution in [1.82, 2.24) is 5.32 Å². The Kier molecular flexibility index (Phi) is 3.19. The fourth-order valence-electron chi connectivity index (χ4n) is 1.56. The number of nitrogens with zero attached hydrogens (tertiary/aromatic N) is 2. The normalized spacial score (nSPS) is 28.0. The second-order valence-corrected chi connectivity index (χ2v) is 4.52. The second kappa shape index (κ2) is 4.61. The van der Waals surface area contributed by atoms with Crippen LogP contribution < -0.4 is 5.32 Å². The Morgan fingerprint density at radius 3 is 3.00 bits per heavy atom. The van der Waals surface area contributed by atoms with E-state index < -0.39 is 11.2 Å². The summed E-state index contributed by atoms with van der Waals surface area (Å²) in [5.41, 5.74) is 0. The predicted molar refractivity (Wildman–Crippen MR) is 64.2 cm³/mol. The van der Waals surface area contributed by atoms with Gasteiger partial charge in [-0.05, 0) is 25.0 Å². The summed E-state index contributed by atoms with van der Waals surface area (Å²) in [7, 11) is 0. The third-order valence-corrected chi connectivity index (χ3v) is 2.76. The number of amidine groups is 1. The molecule has 6 heteroatoms. The molecule has 0 aromatic heterocycles. The lowest BCUT2D eigenvalue weighted by Gasteiger charge is -2.17.